The van der Waals surface area contributed by atoms with Gasteiger partial charge in [-0.25, -0.2) is 4.98 Å². The predicted octanol–water partition coefficient (Wildman–Crippen LogP) is 5.12. The van der Waals surface area contributed by atoms with Gasteiger partial charge in [0.15, 0.2) is 6.10 Å². The van der Waals surface area contributed by atoms with E-state index >= 15 is 0 Å². The number of pyridine rings is 1. The lowest BCUT2D eigenvalue weighted by molar-refractivity contribution is -0.0910. The van der Waals surface area contributed by atoms with Gasteiger partial charge in [0, 0.05) is 28.0 Å². The number of benzene rings is 2. The number of aromatic nitrogens is 1. The van der Waals surface area contributed by atoms with Crippen molar-refractivity contribution >= 4 is 27.7 Å². The SMILES string of the molecule is Cc1ccc2c3c1OC1c4nc5ccccc5c(C(=O)Cl)c4C[C@@]4(C)[C@H](C2)N(C)CC[C@]314. The summed E-state index contributed by atoms with van der Waals surface area (Å²) in [5, 5.41) is 0.439. The normalized spacial score (nSPS) is 31.8. The van der Waals surface area contributed by atoms with Crippen LogP contribution in [0.5, 0.6) is 5.75 Å². The number of para-hydroxylation sites is 1. The van der Waals surface area contributed by atoms with Gasteiger partial charge in [0.2, 0.25) is 0 Å². The largest absolute Gasteiger partial charge is 0.483 e. The Morgan fingerprint density at radius 1 is 1.25 bits per heavy atom. The van der Waals surface area contributed by atoms with Gasteiger partial charge in [0.05, 0.1) is 16.6 Å². The highest BCUT2D eigenvalue weighted by molar-refractivity contribution is 6.68. The van der Waals surface area contributed by atoms with Crippen LogP contribution < -0.4 is 4.74 Å². The van der Waals surface area contributed by atoms with Crippen LogP contribution in [0.3, 0.4) is 0 Å². The van der Waals surface area contributed by atoms with Gasteiger partial charge < -0.3 is 9.64 Å². The number of hydrogen-bond acceptors (Lipinski definition) is 4. The molecule has 0 N–H and O–H groups in total. The molecule has 3 aromatic rings. The van der Waals surface area contributed by atoms with Crippen LogP contribution >= 0.6 is 11.6 Å². The number of aryl methyl sites for hydroxylation is 1. The fourth-order valence-electron chi connectivity index (χ4n) is 7.72. The molecule has 32 heavy (non-hydrogen) atoms. The van der Waals surface area contributed by atoms with Crippen LogP contribution in [0.2, 0.25) is 0 Å². The monoisotopic (exact) mass is 444 g/mol. The van der Waals surface area contributed by atoms with Crippen LogP contribution in [0.1, 0.15) is 57.8 Å². The zero-order valence-electron chi connectivity index (χ0n) is 18.5. The summed E-state index contributed by atoms with van der Waals surface area (Å²) >= 11 is 6.25. The molecule has 4 nitrogen and oxygen atoms in total. The van der Waals surface area contributed by atoms with Crippen molar-refractivity contribution in [2.45, 2.75) is 50.7 Å². The maximum Gasteiger partial charge on any atom is 0.253 e. The lowest BCUT2D eigenvalue weighted by Gasteiger charge is -2.64. The van der Waals surface area contributed by atoms with E-state index in [2.05, 4.69) is 37.9 Å². The fourth-order valence-corrected chi connectivity index (χ4v) is 7.94. The smallest absolute Gasteiger partial charge is 0.253 e. The van der Waals surface area contributed by atoms with Crippen LogP contribution in [0.15, 0.2) is 36.4 Å². The van der Waals surface area contributed by atoms with Crippen molar-refractivity contribution in [2.75, 3.05) is 13.6 Å². The van der Waals surface area contributed by atoms with Gasteiger partial charge in [-0.1, -0.05) is 37.3 Å². The van der Waals surface area contributed by atoms with Crippen LogP contribution in [0.25, 0.3) is 10.9 Å². The van der Waals surface area contributed by atoms with E-state index in [0.29, 0.717) is 11.6 Å². The first-order valence-corrected chi connectivity index (χ1v) is 11.9. The van der Waals surface area contributed by atoms with Crippen LogP contribution in [0.4, 0.5) is 0 Å². The van der Waals surface area contributed by atoms with E-state index in [1.54, 1.807) is 0 Å². The molecule has 0 radical (unpaired) electrons. The average Bonchev–Trinajstić information content (AvgIpc) is 3.12. The molecule has 2 aliphatic carbocycles. The summed E-state index contributed by atoms with van der Waals surface area (Å²) in [6.07, 6.45) is 2.63. The Labute approximate surface area is 192 Å². The fraction of sp³-hybridized carbons (Fsp3) is 0.407. The Bertz CT molecular complexity index is 1370. The lowest BCUT2D eigenvalue weighted by atomic mass is 9.44. The number of hydrogen-bond donors (Lipinski definition) is 0. The summed E-state index contributed by atoms with van der Waals surface area (Å²) in [5.41, 5.74) is 7.14. The molecule has 5 heteroatoms. The molecule has 1 fully saturated rings. The molecule has 1 spiro atoms. The first-order valence-electron chi connectivity index (χ1n) is 11.5. The average molecular weight is 445 g/mol. The first kappa shape index (κ1) is 19.1. The quantitative estimate of drug-likeness (QED) is 0.489. The minimum atomic E-state index is -0.402. The molecule has 2 aromatic carbocycles. The van der Waals surface area contributed by atoms with E-state index in [0.717, 1.165) is 53.7 Å². The van der Waals surface area contributed by atoms with Gasteiger partial charge >= 0.3 is 0 Å². The predicted molar refractivity (Wildman–Crippen MR) is 125 cm³/mol. The second-order valence-electron chi connectivity index (χ2n) is 10.4. The second-order valence-corrected chi connectivity index (χ2v) is 10.7. The van der Waals surface area contributed by atoms with E-state index in [4.69, 9.17) is 21.3 Å². The molecule has 2 bridgehead atoms. The van der Waals surface area contributed by atoms with Crippen molar-refractivity contribution in [3.63, 3.8) is 0 Å². The minimum absolute atomic E-state index is 0.0745. The molecule has 0 saturated carbocycles. The van der Waals surface area contributed by atoms with Crippen molar-refractivity contribution in [3.8, 4) is 5.75 Å². The van der Waals surface area contributed by atoms with Gasteiger partial charge in [0.25, 0.3) is 5.24 Å². The summed E-state index contributed by atoms with van der Waals surface area (Å²) in [4.78, 5) is 20.5. The Kier molecular flexibility index (Phi) is 3.53. The highest BCUT2D eigenvalue weighted by Gasteiger charge is 2.70. The van der Waals surface area contributed by atoms with E-state index < -0.39 is 5.24 Å². The molecule has 2 aliphatic heterocycles. The second kappa shape index (κ2) is 5.92. The van der Waals surface area contributed by atoms with Crippen LogP contribution in [-0.2, 0) is 18.3 Å². The number of carbonyl (C=O) groups is 1. The third-order valence-corrected chi connectivity index (χ3v) is 9.33. The third-order valence-electron chi connectivity index (χ3n) is 9.14. The Balaban J connectivity index is 1.62. The highest BCUT2D eigenvalue weighted by atomic mass is 35.5. The highest BCUT2D eigenvalue weighted by Crippen LogP contribution is 2.71. The molecular formula is C27H25ClN2O2. The molecule has 1 saturated heterocycles. The number of piperidine rings is 1. The number of fused-ring (bicyclic) bond motifs is 3. The number of carbonyl (C=O) groups excluding carboxylic acids is 1. The van der Waals surface area contributed by atoms with E-state index in [-0.39, 0.29) is 16.9 Å². The lowest BCUT2D eigenvalue weighted by Crippen LogP contribution is -2.68. The Morgan fingerprint density at radius 3 is 2.88 bits per heavy atom. The number of ether oxygens (including phenoxy) is 1. The van der Waals surface area contributed by atoms with Crippen molar-refractivity contribution in [2.24, 2.45) is 5.41 Å². The van der Waals surface area contributed by atoms with Crippen molar-refractivity contribution in [1.29, 1.82) is 0 Å². The number of likely N-dealkylation sites (tertiary alicyclic amines) is 1. The Morgan fingerprint density at radius 2 is 2.06 bits per heavy atom. The topological polar surface area (TPSA) is 42.4 Å². The minimum Gasteiger partial charge on any atom is -0.483 e. The van der Waals surface area contributed by atoms with Crippen molar-refractivity contribution in [1.82, 2.24) is 9.88 Å². The van der Waals surface area contributed by atoms with Gasteiger partial charge in [-0.15, -0.1) is 0 Å². The number of rotatable bonds is 1. The zero-order chi connectivity index (χ0) is 22.0. The van der Waals surface area contributed by atoms with E-state index in [9.17, 15) is 4.79 Å². The molecule has 0 amide bonds. The Hall–Kier alpha value is -2.43. The molecule has 1 aromatic heterocycles. The molecular weight excluding hydrogens is 420 g/mol. The molecule has 4 aliphatic rings. The van der Waals surface area contributed by atoms with Crippen LogP contribution in [-0.4, -0.2) is 34.8 Å². The van der Waals surface area contributed by atoms with Gasteiger partial charge in [-0.05, 0) is 74.1 Å². The maximum atomic E-state index is 12.8. The van der Waals surface area contributed by atoms with Crippen LogP contribution in [0, 0.1) is 12.3 Å². The van der Waals surface area contributed by atoms with Crippen molar-refractivity contribution < 1.29 is 9.53 Å². The number of nitrogens with zero attached hydrogens (tertiary/aromatic N) is 2. The standard InChI is InChI=1S/C27H25ClN2O2/c1-14-8-9-15-12-19-26(2)13-17-20(25(28)31)16-6-4-5-7-18(16)29-22(17)24-27(26,10-11-30(19)3)21(15)23(14)32-24/h4-9,19,24H,10-13H2,1-3H3/t19-,24?,26-,27-/m0/s1. The molecule has 4 atom stereocenters. The summed E-state index contributed by atoms with van der Waals surface area (Å²) in [7, 11) is 2.25. The summed E-state index contributed by atoms with van der Waals surface area (Å²) in [5.74, 6) is 1.04. The summed E-state index contributed by atoms with van der Waals surface area (Å²) < 4.78 is 6.88. The van der Waals surface area contributed by atoms with Gasteiger partial charge in [-0.3, -0.25) is 4.79 Å². The van der Waals surface area contributed by atoms with E-state index in [1.165, 1.54) is 16.7 Å². The maximum absolute atomic E-state index is 12.8. The first-order chi connectivity index (χ1) is 15.4. The number of halogens is 1. The summed E-state index contributed by atoms with van der Waals surface area (Å²) in [6.45, 7) is 5.60. The third kappa shape index (κ3) is 1.96. The van der Waals surface area contributed by atoms with Gasteiger partial charge in [0.1, 0.15) is 5.75 Å². The van der Waals surface area contributed by atoms with Gasteiger partial charge in [-0.2, -0.15) is 0 Å². The summed E-state index contributed by atoms with van der Waals surface area (Å²) in [6, 6.07) is 12.7. The molecule has 1 unspecified atom stereocenters. The number of likely N-dealkylation sites (N-methyl/N-ethyl adjacent to an activating group) is 1. The van der Waals surface area contributed by atoms with E-state index in [1.807, 2.05) is 24.3 Å². The molecule has 7 rings (SSSR count). The molecule has 3 heterocycles. The molecule has 162 valence electrons. The van der Waals surface area contributed by atoms with Crippen molar-refractivity contribution in [3.05, 3.63) is 69.9 Å². The zero-order valence-corrected chi connectivity index (χ0v) is 19.3.